The second-order valence-electron chi connectivity index (χ2n) is 9.05. The normalized spacial score (nSPS) is 20.8. The van der Waals surface area contributed by atoms with E-state index in [0.29, 0.717) is 0 Å². The number of halogens is 2. The maximum Gasteiger partial charge on any atom is -1.00 e. The summed E-state index contributed by atoms with van der Waals surface area (Å²) in [6.45, 7) is 11.4. The fraction of sp³-hybridized carbons (Fsp3) is 0.320. The molecule has 0 aliphatic heterocycles. The Bertz CT molecular complexity index is 1050. The molecule has 2 aromatic rings. The summed E-state index contributed by atoms with van der Waals surface area (Å²) in [6, 6.07) is 17.6. The molecule has 4 rings (SSSR count). The number of ether oxygens (including phenoxy) is 1. The third-order valence-electron chi connectivity index (χ3n) is 5.47. The second kappa shape index (κ2) is 9.91. The average molecular weight is 552 g/mol. The van der Waals surface area contributed by atoms with Crippen LogP contribution in [-0.2, 0) is 35.0 Å². The van der Waals surface area contributed by atoms with Crippen LogP contribution in [0.15, 0.2) is 60.4 Å². The van der Waals surface area contributed by atoms with Crippen molar-refractivity contribution in [3.8, 4) is 0 Å². The largest absolute Gasteiger partial charge is 1.00 e. The van der Waals surface area contributed by atoms with Crippen molar-refractivity contribution in [2.75, 3.05) is 7.11 Å². The quantitative estimate of drug-likeness (QED) is 0.494. The van der Waals surface area contributed by atoms with Gasteiger partial charge in [-0.05, 0) is 0 Å². The van der Waals surface area contributed by atoms with Crippen molar-refractivity contribution >= 4 is 23.4 Å². The summed E-state index contributed by atoms with van der Waals surface area (Å²) in [4.78, 5) is 0. The summed E-state index contributed by atoms with van der Waals surface area (Å²) in [5.74, 6) is 2.16. The van der Waals surface area contributed by atoms with Crippen molar-refractivity contribution in [2.45, 2.75) is 42.5 Å². The van der Waals surface area contributed by atoms with E-state index in [4.69, 9.17) is 9.16 Å². The van der Waals surface area contributed by atoms with Crippen molar-refractivity contribution in [2.24, 2.45) is 0 Å². The van der Waals surface area contributed by atoms with Gasteiger partial charge in [0.15, 0.2) is 0 Å². The van der Waals surface area contributed by atoms with E-state index in [0.717, 1.165) is 11.5 Å². The molecule has 0 amide bonds. The van der Waals surface area contributed by atoms with Crippen LogP contribution in [0.1, 0.15) is 42.0 Å². The van der Waals surface area contributed by atoms with Crippen molar-refractivity contribution < 1.29 is 56.7 Å². The van der Waals surface area contributed by atoms with E-state index in [9.17, 15) is 0 Å². The summed E-state index contributed by atoms with van der Waals surface area (Å²) in [5, 5.41) is 0. The summed E-state index contributed by atoms with van der Waals surface area (Å²) >= 11 is -0.956. The number of allylic oxidation sites excluding steroid dienone is 2. The summed E-state index contributed by atoms with van der Waals surface area (Å²) in [5.41, 5.74) is 5.35. The zero-order valence-corrected chi connectivity index (χ0v) is 23.9. The van der Waals surface area contributed by atoms with Gasteiger partial charge in [-0.15, -0.1) is 0 Å². The molecule has 163 valence electrons. The van der Waals surface area contributed by atoms with E-state index >= 15 is 0 Å². The topological polar surface area (TPSA) is 18.5 Å². The van der Waals surface area contributed by atoms with Crippen LogP contribution in [0.3, 0.4) is 0 Å². The number of methoxy groups -OCH3 is 1. The molecule has 0 saturated carbocycles. The molecule has 2 atom stereocenters. The van der Waals surface area contributed by atoms with E-state index in [-0.39, 0.29) is 33.9 Å². The van der Waals surface area contributed by atoms with Crippen molar-refractivity contribution in [1.29, 1.82) is 0 Å². The van der Waals surface area contributed by atoms with E-state index in [1.165, 1.54) is 22.3 Å². The molecular formula is C25H29Cl2O2SiZr. The zero-order valence-electron chi connectivity index (χ0n) is 18.9. The monoisotopic (exact) mass is 549 g/mol. The minimum atomic E-state index is -1.83. The predicted octanol–water partition coefficient (Wildman–Crippen LogP) is 0.175. The molecule has 0 fully saturated rings. The Morgan fingerprint density at radius 1 is 0.968 bits per heavy atom. The smallest absolute Gasteiger partial charge is 1.00 e. The number of hydrogen-bond donors (Lipinski definition) is 0. The molecule has 2 aliphatic rings. The van der Waals surface area contributed by atoms with E-state index in [2.05, 4.69) is 94.2 Å². The molecule has 2 aliphatic carbocycles. The molecule has 0 N–H and O–H groups in total. The first-order chi connectivity index (χ1) is 13.8. The maximum atomic E-state index is 6.81. The molecule has 31 heavy (non-hydrogen) atoms. The van der Waals surface area contributed by atoms with Gasteiger partial charge < -0.3 is 24.8 Å². The Morgan fingerprint density at radius 2 is 1.61 bits per heavy atom. The number of rotatable bonds is 5. The molecule has 0 heterocycles. The second-order valence-corrected chi connectivity index (χ2v) is 18.6. The maximum absolute atomic E-state index is 6.81. The molecule has 2 aromatic carbocycles. The van der Waals surface area contributed by atoms with Crippen LogP contribution >= 0.6 is 0 Å². The van der Waals surface area contributed by atoms with E-state index in [1.54, 1.807) is 10.3 Å². The Morgan fingerprint density at radius 3 is 2.26 bits per heavy atom. The molecular weight excluding hydrogens is 522 g/mol. The van der Waals surface area contributed by atoms with Gasteiger partial charge in [-0.3, -0.25) is 0 Å². The van der Waals surface area contributed by atoms with Crippen molar-refractivity contribution in [1.82, 2.24) is 0 Å². The van der Waals surface area contributed by atoms with Crippen LogP contribution < -0.4 is 24.8 Å². The minimum absolute atomic E-state index is 0. The molecule has 0 saturated heterocycles. The van der Waals surface area contributed by atoms with Crippen molar-refractivity contribution in [3.05, 3.63) is 82.6 Å². The van der Waals surface area contributed by atoms with Crippen LogP contribution in [0.5, 0.6) is 0 Å². The zero-order chi connectivity index (χ0) is 20.8. The van der Waals surface area contributed by atoms with Gasteiger partial charge >= 0.3 is 188 Å². The van der Waals surface area contributed by atoms with Crippen LogP contribution in [0.25, 0.3) is 11.8 Å². The van der Waals surface area contributed by atoms with Gasteiger partial charge in [0, 0.05) is 0 Å². The van der Waals surface area contributed by atoms with Crippen LogP contribution in [0.2, 0.25) is 19.6 Å². The molecule has 0 radical (unpaired) electrons. The van der Waals surface area contributed by atoms with Crippen LogP contribution in [0.4, 0.5) is 0 Å². The first-order valence-corrected chi connectivity index (χ1v) is 16.1. The minimum Gasteiger partial charge on any atom is -1.00 e. The molecule has 2 unspecified atom stereocenters. The summed E-state index contributed by atoms with van der Waals surface area (Å²) < 4.78 is 14.4. The summed E-state index contributed by atoms with van der Waals surface area (Å²) in [7, 11) is -0.0445. The summed E-state index contributed by atoms with van der Waals surface area (Å²) in [6.07, 6.45) is 4.82. The third-order valence-corrected chi connectivity index (χ3v) is 10.3. The van der Waals surface area contributed by atoms with Crippen molar-refractivity contribution in [3.63, 3.8) is 0 Å². The van der Waals surface area contributed by atoms with Gasteiger partial charge in [0.2, 0.25) is 0 Å². The van der Waals surface area contributed by atoms with Gasteiger partial charge in [0.1, 0.15) is 0 Å². The molecule has 0 aromatic heterocycles. The Hall–Kier alpha value is -0.930. The van der Waals surface area contributed by atoms with Gasteiger partial charge in [0.05, 0.1) is 0 Å². The number of hydrogen-bond acceptors (Lipinski definition) is 2. The first-order valence-electron chi connectivity index (χ1n) is 10.2. The van der Waals surface area contributed by atoms with Crippen LogP contribution in [-0.4, -0.2) is 18.6 Å². The van der Waals surface area contributed by atoms with Crippen LogP contribution in [0, 0.1) is 0 Å². The Labute approximate surface area is 211 Å². The molecule has 6 heteroatoms. The van der Waals surface area contributed by atoms with Gasteiger partial charge in [0.25, 0.3) is 0 Å². The Balaban J connectivity index is 0.00000171. The van der Waals surface area contributed by atoms with Gasteiger partial charge in [-0.25, -0.2) is 0 Å². The fourth-order valence-electron chi connectivity index (χ4n) is 4.63. The average Bonchev–Trinajstić information content (AvgIpc) is 3.16. The standard InChI is InChI=1S/C22H23O2Si.C3H6.2ClH.Zr/c1-23-21-19-12-8-7-11-17(19)20(22(21)24-25(2,3)4)18-14-13-15-9-5-6-10-16(15)18;1-3-2;;;/h5-14,20H,1-4H3;1-2H3;2*1H;/q;;;;+2/p-2. The Kier molecular flexibility index (Phi) is 8.42. The van der Waals surface area contributed by atoms with Gasteiger partial charge in [-0.1, -0.05) is 0 Å². The van der Waals surface area contributed by atoms with E-state index < -0.39 is 31.1 Å². The number of fused-ring (bicyclic) bond motifs is 2. The van der Waals surface area contributed by atoms with E-state index in [1.807, 2.05) is 0 Å². The van der Waals surface area contributed by atoms with Gasteiger partial charge in [-0.2, -0.15) is 0 Å². The molecule has 0 bridgehead atoms. The SMILES string of the molecule is COC1=C(O[Si](C)(C)C)C([C]2([Zr+2]=[C](C)C)C=Cc3ccccc32)c2ccccc21.[Cl-].[Cl-]. The fourth-order valence-corrected chi connectivity index (χ4v) is 9.90. The molecule has 0 spiro atoms. The molecule has 2 nitrogen and oxygen atoms in total. The number of benzene rings is 2. The first kappa shape index (κ1) is 26.3. The predicted molar refractivity (Wildman–Crippen MR) is 121 cm³/mol. The third kappa shape index (κ3) is 4.74.